The third-order valence-electron chi connectivity index (χ3n) is 6.34. The van der Waals surface area contributed by atoms with Crippen molar-refractivity contribution in [3.63, 3.8) is 0 Å². The lowest BCUT2D eigenvalue weighted by atomic mass is 9.96. The largest absolute Gasteiger partial charge is 0.394 e. The molecule has 0 aliphatic carbocycles. The second-order valence-electron chi connectivity index (χ2n) is 9.45. The molecule has 6 nitrogen and oxygen atoms in total. The second kappa shape index (κ2) is 20.9. The molecule has 0 aromatic carbocycles. The van der Waals surface area contributed by atoms with Gasteiger partial charge in [0.05, 0.1) is 24.4 Å². The number of hydrogen-bond acceptors (Lipinski definition) is 5. The molecular formula is C25H51ClN4O2. The Bertz CT molecular complexity index is 524. The van der Waals surface area contributed by atoms with Crippen molar-refractivity contribution in [1.29, 1.82) is 0 Å². The van der Waals surface area contributed by atoms with Gasteiger partial charge >= 0.3 is 0 Å². The zero-order chi connectivity index (χ0) is 22.6. The Morgan fingerprint density at radius 2 is 1.22 bits per heavy atom. The van der Waals surface area contributed by atoms with Crippen LogP contribution in [0.15, 0.2) is 6.20 Å². The first-order chi connectivity index (χ1) is 15.1. The van der Waals surface area contributed by atoms with Crippen LogP contribution in [-0.2, 0) is 13.0 Å². The molecule has 190 valence electrons. The maximum absolute atomic E-state index is 9.25. The van der Waals surface area contributed by atoms with Crippen LogP contribution in [0.2, 0.25) is 0 Å². The molecule has 4 N–H and O–H groups in total. The molecule has 0 saturated heterocycles. The summed E-state index contributed by atoms with van der Waals surface area (Å²) < 4.78 is 1.90. The van der Waals surface area contributed by atoms with E-state index in [0.29, 0.717) is 12.8 Å². The van der Waals surface area contributed by atoms with Crippen molar-refractivity contribution in [2.45, 2.75) is 135 Å². The molecule has 0 aliphatic rings. The molecule has 1 aromatic heterocycles. The van der Waals surface area contributed by atoms with Crippen molar-refractivity contribution in [2.75, 3.05) is 13.2 Å². The molecule has 1 aromatic rings. The van der Waals surface area contributed by atoms with Crippen LogP contribution in [0.5, 0.6) is 0 Å². The maximum atomic E-state index is 9.25. The lowest BCUT2D eigenvalue weighted by Gasteiger charge is -2.23. The quantitative estimate of drug-likeness (QED) is 0.191. The molecule has 0 atom stereocenters. The third-order valence-corrected chi connectivity index (χ3v) is 6.34. The minimum atomic E-state index is -0.933. The van der Waals surface area contributed by atoms with Crippen LogP contribution in [0.3, 0.4) is 0 Å². The highest BCUT2D eigenvalue weighted by Crippen LogP contribution is 2.14. The van der Waals surface area contributed by atoms with Crippen LogP contribution in [0.4, 0.5) is 0 Å². The number of aliphatic hydroxyl groups excluding tert-OH is 2. The van der Waals surface area contributed by atoms with Crippen LogP contribution in [-0.4, -0.2) is 44.0 Å². The van der Waals surface area contributed by atoms with E-state index in [9.17, 15) is 10.2 Å². The summed E-state index contributed by atoms with van der Waals surface area (Å²) in [6.07, 6.45) is 25.1. The zero-order valence-corrected chi connectivity index (χ0v) is 21.5. The predicted molar refractivity (Wildman–Crippen MR) is 136 cm³/mol. The Kier molecular flexibility index (Phi) is 20.4. The van der Waals surface area contributed by atoms with Crippen LogP contribution in [0.1, 0.15) is 122 Å². The molecule has 0 amide bonds. The van der Waals surface area contributed by atoms with Gasteiger partial charge in [-0.3, -0.25) is 4.68 Å². The predicted octanol–water partition coefficient (Wildman–Crippen LogP) is 5.58. The number of nitrogens with zero attached hydrogens (tertiary/aromatic N) is 3. The Labute approximate surface area is 203 Å². The van der Waals surface area contributed by atoms with Gasteiger partial charge in [0.2, 0.25) is 0 Å². The first kappa shape index (κ1) is 31.3. The average Bonchev–Trinajstić information content (AvgIpc) is 3.25. The molecule has 0 aliphatic heterocycles. The van der Waals surface area contributed by atoms with Gasteiger partial charge in [-0.2, -0.15) is 0 Å². The van der Waals surface area contributed by atoms with E-state index in [1.54, 1.807) is 0 Å². The van der Waals surface area contributed by atoms with E-state index in [0.717, 1.165) is 18.7 Å². The SMILES string of the molecule is CCCCCCCCCCCCCCCCCCn1cc(CCC(N)(CO)CO)nn1.Cl. The summed E-state index contributed by atoms with van der Waals surface area (Å²) in [4.78, 5) is 0. The smallest absolute Gasteiger partial charge is 0.0827 e. The van der Waals surface area contributed by atoms with Gasteiger partial charge in [-0.25, -0.2) is 0 Å². The van der Waals surface area contributed by atoms with Crippen molar-refractivity contribution >= 4 is 12.4 Å². The molecule has 1 heterocycles. The van der Waals surface area contributed by atoms with Crippen molar-refractivity contribution in [3.8, 4) is 0 Å². The maximum Gasteiger partial charge on any atom is 0.0827 e. The van der Waals surface area contributed by atoms with E-state index in [2.05, 4.69) is 17.2 Å². The standard InChI is InChI=1S/C25H50N4O2.ClH/c1-2-3-4-5-6-7-8-9-10-11-12-13-14-15-16-17-20-29-21-24(27-28-29)18-19-25(26,22-30)23-31;/h21,30-31H,2-20,22-23,26H2,1H3;1H. The fraction of sp³-hybridized carbons (Fsp3) is 0.920. The van der Waals surface area contributed by atoms with Gasteiger partial charge in [0.15, 0.2) is 0 Å². The molecule has 7 heteroatoms. The number of rotatable bonds is 22. The number of aryl methyl sites for hydroxylation is 2. The van der Waals surface area contributed by atoms with Crippen molar-refractivity contribution < 1.29 is 10.2 Å². The van der Waals surface area contributed by atoms with Crippen molar-refractivity contribution in [2.24, 2.45) is 5.73 Å². The van der Waals surface area contributed by atoms with Crippen LogP contribution in [0, 0.1) is 0 Å². The van der Waals surface area contributed by atoms with Gasteiger partial charge in [0, 0.05) is 12.7 Å². The Morgan fingerprint density at radius 1 is 0.781 bits per heavy atom. The normalized spacial score (nSPS) is 11.6. The lowest BCUT2D eigenvalue weighted by molar-refractivity contribution is 0.114. The first-order valence-corrected chi connectivity index (χ1v) is 13.0. The van der Waals surface area contributed by atoms with Gasteiger partial charge in [0.1, 0.15) is 0 Å². The van der Waals surface area contributed by atoms with Crippen molar-refractivity contribution in [3.05, 3.63) is 11.9 Å². The highest BCUT2D eigenvalue weighted by Gasteiger charge is 2.23. The van der Waals surface area contributed by atoms with Crippen molar-refractivity contribution in [1.82, 2.24) is 15.0 Å². The monoisotopic (exact) mass is 474 g/mol. The molecule has 0 spiro atoms. The minimum Gasteiger partial charge on any atom is -0.394 e. The topological polar surface area (TPSA) is 97.2 Å². The molecule has 32 heavy (non-hydrogen) atoms. The van der Waals surface area contributed by atoms with Crippen LogP contribution in [0.25, 0.3) is 0 Å². The fourth-order valence-corrected chi connectivity index (χ4v) is 3.97. The van der Waals surface area contributed by atoms with Gasteiger partial charge < -0.3 is 15.9 Å². The highest BCUT2D eigenvalue weighted by atomic mass is 35.5. The molecule has 1 rings (SSSR count). The van der Waals surface area contributed by atoms with E-state index in [1.165, 1.54) is 96.3 Å². The summed E-state index contributed by atoms with van der Waals surface area (Å²) in [6, 6.07) is 0. The molecule has 0 saturated carbocycles. The van der Waals surface area contributed by atoms with E-state index >= 15 is 0 Å². The summed E-state index contributed by atoms with van der Waals surface area (Å²) in [7, 11) is 0. The molecule has 0 unspecified atom stereocenters. The number of nitrogens with two attached hydrogens (primary N) is 1. The third kappa shape index (κ3) is 16.0. The zero-order valence-electron chi connectivity index (χ0n) is 20.6. The van der Waals surface area contributed by atoms with Crippen LogP contribution >= 0.6 is 12.4 Å². The first-order valence-electron chi connectivity index (χ1n) is 13.0. The summed E-state index contributed by atoms with van der Waals surface area (Å²) in [6.45, 7) is 2.73. The lowest BCUT2D eigenvalue weighted by Crippen LogP contribution is -2.47. The summed E-state index contributed by atoms with van der Waals surface area (Å²) in [5.74, 6) is 0. The van der Waals surface area contributed by atoms with E-state index in [4.69, 9.17) is 5.73 Å². The summed E-state index contributed by atoms with van der Waals surface area (Å²) >= 11 is 0. The van der Waals surface area contributed by atoms with Crippen LogP contribution < -0.4 is 5.73 Å². The Morgan fingerprint density at radius 3 is 1.66 bits per heavy atom. The fourth-order valence-electron chi connectivity index (χ4n) is 3.97. The van der Waals surface area contributed by atoms with Gasteiger partial charge in [-0.05, 0) is 19.3 Å². The Balaban J connectivity index is 0.00000961. The van der Waals surface area contributed by atoms with Gasteiger partial charge in [-0.1, -0.05) is 108 Å². The second-order valence-corrected chi connectivity index (χ2v) is 9.45. The number of aromatic nitrogens is 3. The number of unbranched alkanes of at least 4 members (excludes halogenated alkanes) is 15. The van der Waals surface area contributed by atoms with E-state index in [-0.39, 0.29) is 25.6 Å². The molecular weight excluding hydrogens is 424 g/mol. The molecule has 0 radical (unpaired) electrons. The molecule has 0 bridgehead atoms. The number of hydrogen-bond donors (Lipinski definition) is 3. The average molecular weight is 475 g/mol. The summed E-state index contributed by atoms with van der Waals surface area (Å²) in [5.41, 5.74) is 5.83. The Hall–Kier alpha value is -0.690. The molecule has 0 fully saturated rings. The number of halogens is 1. The summed E-state index contributed by atoms with van der Waals surface area (Å²) in [5, 5.41) is 26.9. The highest BCUT2D eigenvalue weighted by molar-refractivity contribution is 5.85. The minimum absolute atomic E-state index is 0. The van der Waals surface area contributed by atoms with Gasteiger partial charge in [-0.15, -0.1) is 17.5 Å². The van der Waals surface area contributed by atoms with E-state index in [1.807, 2.05) is 10.9 Å². The number of aliphatic hydroxyl groups is 2. The van der Waals surface area contributed by atoms with E-state index < -0.39 is 5.54 Å². The van der Waals surface area contributed by atoms with Gasteiger partial charge in [0.25, 0.3) is 0 Å².